The molecule has 0 aliphatic rings. The summed E-state index contributed by atoms with van der Waals surface area (Å²) in [6, 6.07) is 63.0. The molecule has 9 aromatic carbocycles. The summed E-state index contributed by atoms with van der Waals surface area (Å²) in [5.41, 5.74) is 7.66. The van der Waals surface area contributed by atoms with Crippen LogP contribution >= 0.6 is 22.7 Å². The number of fused-ring (bicyclic) bond motifs is 10. The van der Waals surface area contributed by atoms with Crippen LogP contribution in [0.15, 0.2) is 170 Å². The summed E-state index contributed by atoms with van der Waals surface area (Å²) in [5.74, 6) is 0. The molecule has 0 radical (unpaired) electrons. The highest BCUT2D eigenvalue weighted by Crippen LogP contribution is 2.50. The SMILES string of the molecule is c1cc(-c2c3ccccc3c(-c3cccc4ccccc34)c3ccccc23)cc(-c2cc3sc4ccccc4c3c3sc4ccccc4c23)c1. The maximum Gasteiger partial charge on any atom is 0.0454 e. The topological polar surface area (TPSA) is 0 Å². The first-order valence-electron chi connectivity index (χ1n) is 17.1. The van der Waals surface area contributed by atoms with Gasteiger partial charge < -0.3 is 0 Å². The molecule has 0 N–H and O–H groups in total. The summed E-state index contributed by atoms with van der Waals surface area (Å²) < 4.78 is 5.41. The van der Waals surface area contributed by atoms with Crippen LogP contribution in [0.4, 0.5) is 0 Å². The van der Waals surface area contributed by atoms with E-state index in [2.05, 4.69) is 170 Å². The minimum atomic E-state index is 1.24. The van der Waals surface area contributed by atoms with E-state index in [1.807, 2.05) is 22.7 Å². The van der Waals surface area contributed by atoms with Crippen molar-refractivity contribution in [3.05, 3.63) is 170 Å². The third kappa shape index (κ3) is 4.04. The molecule has 2 aromatic heterocycles. The molecule has 50 heavy (non-hydrogen) atoms. The summed E-state index contributed by atoms with van der Waals surface area (Å²) in [6.45, 7) is 0. The second-order valence-electron chi connectivity index (χ2n) is 13.1. The van der Waals surface area contributed by atoms with E-state index in [0.717, 1.165) is 0 Å². The highest BCUT2D eigenvalue weighted by atomic mass is 32.1. The van der Waals surface area contributed by atoms with Gasteiger partial charge in [0.05, 0.1) is 0 Å². The summed E-state index contributed by atoms with van der Waals surface area (Å²) in [4.78, 5) is 0. The fourth-order valence-corrected chi connectivity index (χ4v) is 10.8. The van der Waals surface area contributed by atoms with E-state index in [9.17, 15) is 0 Å². The van der Waals surface area contributed by atoms with Gasteiger partial charge in [0.1, 0.15) is 0 Å². The number of hydrogen-bond acceptors (Lipinski definition) is 2. The maximum atomic E-state index is 2.46. The Hall–Kier alpha value is -5.80. The molecule has 232 valence electrons. The third-order valence-corrected chi connectivity index (χ3v) is 12.7. The van der Waals surface area contributed by atoms with Gasteiger partial charge in [-0.3, -0.25) is 0 Å². The number of rotatable bonds is 3. The molecule has 0 aliphatic heterocycles. The van der Waals surface area contributed by atoms with Crippen LogP contribution in [0.5, 0.6) is 0 Å². The van der Waals surface area contributed by atoms with Crippen LogP contribution in [0, 0.1) is 0 Å². The van der Waals surface area contributed by atoms with Gasteiger partial charge in [-0.1, -0.05) is 146 Å². The molecule has 0 fully saturated rings. The van der Waals surface area contributed by atoms with E-state index in [4.69, 9.17) is 0 Å². The van der Waals surface area contributed by atoms with Crippen LogP contribution < -0.4 is 0 Å². The van der Waals surface area contributed by atoms with Crippen LogP contribution in [0.2, 0.25) is 0 Å². The summed E-state index contributed by atoms with van der Waals surface area (Å²) >= 11 is 3.84. The van der Waals surface area contributed by atoms with Gasteiger partial charge in [0.15, 0.2) is 0 Å². The summed E-state index contributed by atoms with van der Waals surface area (Å²) in [6.07, 6.45) is 0. The molecule has 0 saturated heterocycles. The average Bonchev–Trinajstić information content (AvgIpc) is 3.75. The van der Waals surface area contributed by atoms with E-state index in [-0.39, 0.29) is 0 Å². The second-order valence-corrected chi connectivity index (χ2v) is 15.3. The Balaban J connectivity index is 1.22. The minimum absolute atomic E-state index is 1.24. The van der Waals surface area contributed by atoms with Gasteiger partial charge in [0, 0.05) is 40.3 Å². The average molecular weight is 669 g/mol. The predicted molar refractivity (Wildman–Crippen MR) is 221 cm³/mol. The van der Waals surface area contributed by atoms with Crippen molar-refractivity contribution in [2.45, 2.75) is 0 Å². The molecular weight excluding hydrogens is 641 g/mol. The lowest BCUT2D eigenvalue weighted by Gasteiger charge is -2.19. The van der Waals surface area contributed by atoms with Crippen molar-refractivity contribution in [3.8, 4) is 33.4 Å². The molecule has 2 heteroatoms. The smallest absolute Gasteiger partial charge is 0.0454 e. The highest BCUT2D eigenvalue weighted by molar-refractivity contribution is 7.30. The largest absolute Gasteiger partial charge is 0.135 e. The first kappa shape index (κ1) is 28.1. The first-order chi connectivity index (χ1) is 24.8. The normalized spacial score (nSPS) is 12.0. The standard InChI is InChI=1S/C48H28S2/c1-2-17-32-29(13-1)14-12-24-33(32)45-36-20-5-3-18-34(36)44(35-19-4-6-21-37(35)45)31-16-11-15-30(27-31)40-28-43-47(39-23-8-9-25-41(39)49-43)48-46(40)38-22-7-10-26-42(38)50-48/h1-28H. The van der Waals surface area contributed by atoms with Crippen LogP contribution in [-0.2, 0) is 0 Å². The quantitative estimate of drug-likeness (QED) is 0.164. The molecular formula is C48H28S2. The van der Waals surface area contributed by atoms with Crippen molar-refractivity contribution in [1.82, 2.24) is 0 Å². The number of hydrogen-bond donors (Lipinski definition) is 0. The first-order valence-corrected chi connectivity index (χ1v) is 18.7. The van der Waals surface area contributed by atoms with Crippen molar-refractivity contribution >= 4 is 95.3 Å². The maximum absolute atomic E-state index is 2.46. The molecule has 11 rings (SSSR count). The van der Waals surface area contributed by atoms with E-state index >= 15 is 0 Å². The molecule has 0 bridgehead atoms. The Bertz CT molecular complexity index is 3090. The third-order valence-electron chi connectivity index (χ3n) is 10.4. The van der Waals surface area contributed by atoms with E-state index in [1.54, 1.807) is 0 Å². The Morgan fingerprint density at radius 3 is 1.54 bits per heavy atom. The van der Waals surface area contributed by atoms with Crippen LogP contribution in [-0.4, -0.2) is 0 Å². The van der Waals surface area contributed by atoms with Crippen LogP contribution in [0.25, 0.3) is 106 Å². The Morgan fingerprint density at radius 2 is 0.820 bits per heavy atom. The Morgan fingerprint density at radius 1 is 0.300 bits per heavy atom. The van der Waals surface area contributed by atoms with E-state index < -0.39 is 0 Å². The number of benzene rings is 9. The minimum Gasteiger partial charge on any atom is -0.135 e. The van der Waals surface area contributed by atoms with Crippen molar-refractivity contribution in [3.63, 3.8) is 0 Å². The van der Waals surface area contributed by atoms with Gasteiger partial charge in [-0.25, -0.2) is 0 Å². The molecule has 0 unspecified atom stereocenters. The van der Waals surface area contributed by atoms with Gasteiger partial charge >= 0.3 is 0 Å². The molecule has 11 aromatic rings. The Kier molecular flexibility index (Phi) is 6.09. The molecule has 0 amide bonds. The van der Waals surface area contributed by atoms with Crippen LogP contribution in [0.3, 0.4) is 0 Å². The predicted octanol–water partition coefficient (Wildman–Crippen LogP) is 14.9. The van der Waals surface area contributed by atoms with Crippen molar-refractivity contribution in [2.24, 2.45) is 0 Å². The lowest BCUT2D eigenvalue weighted by Crippen LogP contribution is -1.92. The lowest BCUT2D eigenvalue weighted by atomic mass is 9.84. The zero-order chi connectivity index (χ0) is 32.8. The number of thiophene rings is 2. The monoisotopic (exact) mass is 668 g/mol. The van der Waals surface area contributed by atoms with Crippen molar-refractivity contribution in [1.29, 1.82) is 0 Å². The molecule has 0 aliphatic carbocycles. The second kappa shape index (κ2) is 10.9. The van der Waals surface area contributed by atoms with E-state index in [1.165, 1.54) is 106 Å². The van der Waals surface area contributed by atoms with Crippen LogP contribution in [0.1, 0.15) is 0 Å². The Labute approximate surface area is 297 Å². The molecule has 0 saturated carbocycles. The van der Waals surface area contributed by atoms with Gasteiger partial charge in [0.25, 0.3) is 0 Å². The van der Waals surface area contributed by atoms with Gasteiger partial charge in [-0.2, -0.15) is 0 Å². The van der Waals surface area contributed by atoms with E-state index in [0.29, 0.717) is 0 Å². The lowest BCUT2D eigenvalue weighted by molar-refractivity contribution is 1.65. The molecule has 0 atom stereocenters. The van der Waals surface area contributed by atoms with Gasteiger partial charge in [-0.15, -0.1) is 22.7 Å². The fourth-order valence-electron chi connectivity index (χ4n) is 8.34. The molecule has 0 nitrogen and oxygen atoms in total. The van der Waals surface area contributed by atoms with Gasteiger partial charge in [0.2, 0.25) is 0 Å². The summed E-state index contributed by atoms with van der Waals surface area (Å²) in [7, 11) is 0. The highest BCUT2D eigenvalue weighted by Gasteiger charge is 2.21. The fraction of sp³-hybridized carbons (Fsp3) is 0. The van der Waals surface area contributed by atoms with Crippen molar-refractivity contribution < 1.29 is 0 Å². The molecule has 0 spiro atoms. The zero-order valence-corrected chi connectivity index (χ0v) is 28.6. The molecule has 2 heterocycles. The summed E-state index contributed by atoms with van der Waals surface area (Å²) in [5, 5.41) is 13.1. The zero-order valence-electron chi connectivity index (χ0n) is 27.0. The van der Waals surface area contributed by atoms with Gasteiger partial charge in [-0.05, 0) is 90.0 Å². The van der Waals surface area contributed by atoms with Crippen molar-refractivity contribution in [2.75, 3.05) is 0 Å².